The monoisotopic (exact) mass is 221 g/mol. The van der Waals surface area contributed by atoms with Crippen LogP contribution in [0.15, 0.2) is 55.1 Å². The van der Waals surface area contributed by atoms with Crippen LogP contribution in [0.5, 0.6) is 0 Å². The molecule has 1 heterocycles. The molecule has 2 aromatic rings. The van der Waals surface area contributed by atoms with Gasteiger partial charge in [-0.25, -0.2) is 5.01 Å². The summed E-state index contributed by atoms with van der Waals surface area (Å²) in [7, 11) is 2.00. The highest BCUT2D eigenvalue weighted by Crippen LogP contribution is 2.07. The van der Waals surface area contributed by atoms with Crippen LogP contribution in [0.3, 0.4) is 0 Å². The average molecular weight is 222 g/mol. The standard InChI is InChI=1S/C11H12N3.ClH/c1-13(11-6-3-2-4-7-11)14-9-5-8-12-10-14;/h2-10H,1H3;1H/q+1;/p-1. The molecule has 0 amide bonds. The molecule has 0 saturated heterocycles. The Morgan fingerprint density at radius 1 is 1.13 bits per heavy atom. The molecule has 0 unspecified atom stereocenters. The summed E-state index contributed by atoms with van der Waals surface area (Å²) >= 11 is 0. The molecule has 4 heteroatoms. The molecule has 0 fully saturated rings. The first kappa shape index (κ1) is 11.5. The zero-order valence-corrected chi connectivity index (χ0v) is 9.17. The molecule has 0 bridgehead atoms. The summed E-state index contributed by atoms with van der Waals surface area (Å²) in [6.07, 6.45) is 5.49. The van der Waals surface area contributed by atoms with E-state index in [-0.39, 0.29) is 12.4 Å². The van der Waals surface area contributed by atoms with Gasteiger partial charge in [-0.2, -0.15) is 0 Å². The highest BCUT2D eigenvalue weighted by atomic mass is 35.5. The zero-order chi connectivity index (χ0) is 9.80. The van der Waals surface area contributed by atoms with E-state index in [0.29, 0.717) is 0 Å². The molecule has 2 rings (SSSR count). The van der Waals surface area contributed by atoms with Crippen LogP contribution in [0.1, 0.15) is 0 Å². The Morgan fingerprint density at radius 2 is 1.87 bits per heavy atom. The fraction of sp³-hybridized carbons (Fsp3) is 0.0909. The second-order valence-electron chi connectivity index (χ2n) is 2.99. The molecule has 0 atom stereocenters. The second-order valence-corrected chi connectivity index (χ2v) is 2.99. The minimum Gasteiger partial charge on any atom is -1.00 e. The average Bonchev–Trinajstić information content (AvgIpc) is 2.30. The van der Waals surface area contributed by atoms with Gasteiger partial charge in [0.05, 0.1) is 5.69 Å². The van der Waals surface area contributed by atoms with Gasteiger partial charge in [-0.05, 0) is 12.1 Å². The van der Waals surface area contributed by atoms with Crippen molar-refractivity contribution in [2.75, 3.05) is 12.1 Å². The van der Waals surface area contributed by atoms with Crippen LogP contribution in [0, 0.1) is 0 Å². The smallest absolute Gasteiger partial charge is 0.309 e. The minimum absolute atomic E-state index is 0. The van der Waals surface area contributed by atoms with E-state index in [9.17, 15) is 0 Å². The third-order valence-corrected chi connectivity index (χ3v) is 2.07. The van der Waals surface area contributed by atoms with Gasteiger partial charge in [0.1, 0.15) is 12.4 Å². The van der Waals surface area contributed by atoms with Crippen molar-refractivity contribution in [2.24, 2.45) is 0 Å². The van der Waals surface area contributed by atoms with Gasteiger partial charge >= 0.3 is 6.33 Å². The molecule has 0 aliphatic rings. The Labute approximate surface area is 95.4 Å². The van der Waals surface area contributed by atoms with Crippen molar-refractivity contribution < 1.29 is 17.1 Å². The molecule has 0 N–H and O–H groups in total. The fourth-order valence-electron chi connectivity index (χ4n) is 1.28. The second kappa shape index (κ2) is 5.32. The molecule has 1 aromatic carbocycles. The van der Waals surface area contributed by atoms with Gasteiger partial charge in [-0.3, -0.25) is 0 Å². The largest absolute Gasteiger partial charge is 1.00 e. The lowest BCUT2D eigenvalue weighted by molar-refractivity contribution is -0.684. The molecule has 0 spiro atoms. The van der Waals surface area contributed by atoms with E-state index >= 15 is 0 Å². The maximum absolute atomic E-state index is 4.05. The Balaban J connectivity index is 0.00000112. The van der Waals surface area contributed by atoms with Crippen molar-refractivity contribution in [2.45, 2.75) is 0 Å². The lowest BCUT2D eigenvalue weighted by Gasteiger charge is -2.14. The molecule has 3 nitrogen and oxygen atoms in total. The van der Waals surface area contributed by atoms with Crippen LogP contribution in [0.4, 0.5) is 5.69 Å². The minimum atomic E-state index is 0. The van der Waals surface area contributed by atoms with Gasteiger partial charge in [0, 0.05) is 13.1 Å². The molecule has 78 valence electrons. The summed E-state index contributed by atoms with van der Waals surface area (Å²) in [5.74, 6) is 0. The third kappa shape index (κ3) is 2.67. The first-order valence-corrected chi connectivity index (χ1v) is 4.48. The number of benzene rings is 1. The number of hydrogen-bond donors (Lipinski definition) is 0. The van der Waals surface area contributed by atoms with Gasteiger partial charge in [0.25, 0.3) is 0 Å². The number of para-hydroxylation sites is 1. The Kier molecular flexibility index (Phi) is 4.06. The molecular formula is C11H12ClN3. The van der Waals surface area contributed by atoms with E-state index in [0.717, 1.165) is 5.69 Å². The number of hydrogen-bond acceptors (Lipinski definition) is 2. The first-order chi connectivity index (χ1) is 6.88. The molecule has 15 heavy (non-hydrogen) atoms. The molecule has 0 aliphatic heterocycles. The van der Waals surface area contributed by atoms with Crippen LogP contribution in [0.2, 0.25) is 0 Å². The van der Waals surface area contributed by atoms with Crippen molar-refractivity contribution in [1.29, 1.82) is 0 Å². The molecule has 0 aliphatic carbocycles. The summed E-state index contributed by atoms with van der Waals surface area (Å²) < 4.78 is 1.93. The fourth-order valence-corrected chi connectivity index (χ4v) is 1.28. The maximum Gasteiger partial charge on any atom is 0.309 e. The van der Waals surface area contributed by atoms with Crippen molar-refractivity contribution in [3.05, 3.63) is 55.1 Å². The van der Waals surface area contributed by atoms with E-state index in [2.05, 4.69) is 17.1 Å². The topological polar surface area (TPSA) is 20.0 Å². The zero-order valence-electron chi connectivity index (χ0n) is 8.42. The van der Waals surface area contributed by atoms with Crippen LogP contribution < -0.4 is 22.1 Å². The summed E-state index contributed by atoms with van der Waals surface area (Å²) in [5, 5.41) is 2.02. The summed E-state index contributed by atoms with van der Waals surface area (Å²) in [4.78, 5) is 4.05. The number of halogens is 1. The molecule has 1 aromatic heterocycles. The van der Waals surface area contributed by atoms with Gasteiger partial charge in [-0.15, -0.1) is 4.68 Å². The number of aromatic nitrogens is 2. The summed E-state index contributed by atoms with van der Waals surface area (Å²) in [6, 6.07) is 12.1. The van der Waals surface area contributed by atoms with E-state index in [4.69, 9.17) is 0 Å². The van der Waals surface area contributed by atoms with Crippen molar-refractivity contribution in [3.8, 4) is 0 Å². The quantitative estimate of drug-likeness (QED) is 0.562. The SMILES string of the molecule is CN(c1ccccc1)[n+]1cccnc1.[Cl-]. The van der Waals surface area contributed by atoms with Crippen molar-refractivity contribution in [3.63, 3.8) is 0 Å². The molecule has 0 saturated carbocycles. The van der Waals surface area contributed by atoms with Gasteiger partial charge in [0.2, 0.25) is 0 Å². The van der Waals surface area contributed by atoms with E-state index in [1.165, 1.54) is 0 Å². The van der Waals surface area contributed by atoms with E-state index in [1.54, 1.807) is 12.5 Å². The third-order valence-electron chi connectivity index (χ3n) is 2.07. The maximum atomic E-state index is 4.05. The van der Waals surface area contributed by atoms with E-state index < -0.39 is 0 Å². The predicted molar refractivity (Wildman–Crippen MR) is 54.7 cm³/mol. The van der Waals surface area contributed by atoms with Crippen LogP contribution in [0.25, 0.3) is 0 Å². The molecular weight excluding hydrogens is 210 g/mol. The van der Waals surface area contributed by atoms with Crippen molar-refractivity contribution >= 4 is 5.69 Å². The number of rotatable bonds is 2. The normalized spacial score (nSPS) is 9.13. The van der Waals surface area contributed by atoms with Crippen LogP contribution >= 0.6 is 0 Å². The van der Waals surface area contributed by atoms with Gasteiger partial charge < -0.3 is 12.4 Å². The Bertz CT molecular complexity index is 352. The Hall–Kier alpha value is -1.61. The van der Waals surface area contributed by atoms with Gasteiger partial charge in [0.15, 0.2) is 0 Å². The Morgan fingerprint density at radius 3 is 2.47 bits per heavy atom. The number of nitrogens with zero attached hydrogens (tertiary/aromatic N) is 3. The number of anilines is 1. The first-order valence-electron chi connectivity index (χ1n) is 4.48. The summed E-state index contributed by atoms with van der Waals surface area (Å²) in [6.45, 7) is 0. The van der Waals surface area contributed by atoms with Crippen LogP contribution in [-0.4, -0.2) is 12.0 Å². The lowest BCUT2D eigenvalue weighted by atomic mass is 10.3. The van der Waals surface area contributed by atoms with E-state index in [1.807, 2.05) is 47.2 Å². The molecule has 0 radical (unpaired) electrons. The predicted octanol–water partition coefficient (Wildman–Crippen LogP) is -1.73. The highest BCUT2D eigenvalue weighted by molar-refractivity contribution is 5.41. The van der Waals surface area contributed by atoms with Crippen LogP contribution in [-0.2, 0) is 0 Å². The van der Waals surface area contributed by atoms with Crippen molar-refractivity contribution in [1.82, 2.24) is 4.98 Å². The summed E-state index contributed by atoms with van der Waals surface area (Å²) in [5.41, 5.74) is 1.13. The van der Waals surface area contributed by atoms with Gasteiger partial charge in [-0.1, -0.05) is 23.2 Å². The lowest BCUT2D eigenvalue weighted by Crippen LogP contribution is -3.00. The highest BCUT2D eigenvalue weighted by Gasteiger charge is 2.04.